The molecule has 0 spiro atoms. The number of carbonyl (C=O) groups excluding carboxylic acids is 3. The standard InChI is InChI=1S/C27H28F8N4O5/c1-24(43,22(41)36-15-25(28,29)27(33,34)35)23(42)37-18-13-38(11-12-44-14-17-7-3-2-4-8-17)19-9-5-6-10-20(19)39(21(18)40)16-26(30,31)32/h2-10,18,43H,11-16H2,1H3,(H,36,41)(H,37,42)/t18-,24-/m0/s1. The first-order valence-corrected chi connectivity index (χ1v) is 12.9. The zero-order chi connectivity index (χ0) is 32.9. The zero-order valence-corrected chi connectivity index (χ0v) is 23.0. The van der Waals surface area contributed by atoms with Crippen molar-refractivity contribution in [1.29, 1.82) is 0 Å². The molecule has 0 saturated carbocycles. The molecule has 2 atom stereocenters. The molecule has 3 N–H and O–H groups in total. The molecule has 17 heteroatoms. The largest absolute Gasteiger partial charge is 0.455 e. The van der Waals surface area contributed by atoms with Crippen LogP contribution < -0.4 is 20.4 Å². The van der Waals surface area contributed by atoms with Crippen molar-refractivity contribution in [1.82, 2.24) is 10.6 Å². The normalized spacial score (nSPS) is 17.4. The first kappa shape index (κ1) is 34.5. The van der Waals surface area contributed by atoms with E-state index in [9.17, 15) is 54.6 Å². The summed E-state index contributed by atoms with van der Waals surface area (Å²) < 4.78 is 110. The monoisotopic (exact) mass is 640 g/mol. The van der Waals surface area contributed by atoms with E-state index in [1.165, 1.54) is 29.2 Å². The smallest absolute Gasteiger partial charge is 0.375 e. The maximum absolute atomic E-state index is 13.5. The third-order valence-corrected chi connectivity index (χ3v) is 6.51. The molecule has 0 aromatic heterocycles. The lowest BCUT2D eigenvalue weighted by Crippen LogP contribution is -2.62. The molecule has 0 aliphatic carbocycles. The fourth-order valence-corrected chi connectivity index (χ4v) is 4.13. The SMILES string of the molecule is C[C@](O)(C(=O)NCC(F)(F)C(F)(F)F)C(=O)N[C@H]1CN(CCOCc2ccccc2)c2ccccc2N(CC(F)(F)F)C1=O. The Labute approximate surface area is 245 Å². The van der Waals surface area contributed by atoms with Crippen LogP contribution in [0, 0.1) is 0 Å². The number of nitrogens with zero attached hydrogens (tertiary/aromatic N) is 2. The van der Waals surface area contributed by atoms with Gasteiger partial charge in [0, 0.05) is 13.1 Å². The number of hydrogen-bond acceptors (Lipinski definition) is 6. The van der Waals surface area contributed by atoms with Gasteiger partial charge < -0.3 is 25.4 Å². The molecule has 242 valence electrons. The average molecular weight is 641 g/mol. The van der Waals surface area contributed by atoms with Crippen LogP contribution in [-0.4, -0.2) is 85.5 Å². The Morgan fingerprint density at radius 1 is 0.932 bits per heavy atom. The van der Waals surface area contributed by atoms with Gasteiger partial charge in [-0.25, -0.2) is 0 Å². The van der Waals surface area contributed by atoms with Gasteiger partial charge >= 0.3 is 18.3 Å². The number of hydrogen-bond donors (Lipinski definition) is 3. The molecule has 0 saturated heterocycles. The fourth-order valence-electron chi connectivity index (χ4n) is 4.13. The lowest BCUT2D eigenvalue weighted by molar-refractivity contribution is -0.278. The van der Waals surface area contributed by atoms with E-state index in [2.05, 4.69) is 0 Å². The number of fused-ring (bicyclic) bond motifs is 1. The maximum atomic E-state index is 13.5. The highest BCUT2D eigenvalue weighted by Gasteiger charge is 2.58. The minimum atomic E-state index is -6.05. The number of benzene rings is 2. The highest BCUT2D eigenvalue weighted by Crippen LogP contribution is 2.36. The Bertz CT molecular complexity index is 1320. The molecule has 3 rings (SSSR count). The predicted octanol–water partition coefficient (Wildman–Crippen LogP) is 3.17. The summed E-state index contributed by atoms with van der Waals surface area (Å²) in [6.45, 7) is -3.95. The number of anilines is 2. The van der Waals surface area contributed by atoms with E-state index in [4.69, 9.17) is 4.74 Å². The second kappa shape index (κ2) is 13.3. The summed E-state index contributed by atoms with van der Waals surface area (Å²) in [5.41, 5.74) is -2.49. The molecular weight excluding hydrogens is 612 g/mol. The molecule has 0 unspecified atom stereocenters. The van der Waals surface area contributed by atoms with Crippen molar-refractivity contribution < 1.29 is 59.4 Å². The van der Waals surface area contributed by atoms with Gasteiger partial charge in [0.1, 0.15) is 12.6 Å². The van der Waals surface area contributed by atoms with Crippen LogP contribution in [0.5, 0.6) is 0 Å². The Balaban J connectivity index is 1.83. The summed E-state index contributed by atoms with van der Waals surface area (Å²) in [5, 5.41) is 13.5. The molecule has 44 heavy (non-hydrogen) atoms. The number of amides is 3. The van der Waals surface area contributed by atoms with E-state index >= 15 is 0 Å². The van der Waals surface area contributed by atoms with Crippen LogP contribution in [0.2, 0.25) is 0 Å². The summed E-state index contributed by atoms with van der Waals surface area (Å²) in [6.07, 6.45) is -11.0. The van der Waals surface area contributed by atoms with Crippen molar-refractivity contribution in [3.63, 3.8) is 0 Å². The summed E-state index contributed by atoms with van der Waals surface area (Å²) in [7, 11) is 0. The Morgan fingerprint density at radius 2 is 1.52 bits per heavy atom. The molecule has 0 radical (unpaired) electrons. The first-order valence-electron chi connectivity index (χ1n) is 12.9. The van der Waals surface area contributed by atoms with Gasteiger partial charge in [-0.15, -0.1) is 0 Å². The average Bonchev–Trinajstić information content (AvgIpc) is 3.04. The number of para-hydroxylation sites is 2. The fraction of sp³-hybridized carbons (Fsp3) is 0.444. The first-order chi connectivity index (χ1) is 20.3. The number of halogens is 8. The molecule has 1 heterocycles. The molecule has 0 bridgehead atoms. The molecule has 2 aromatic rings. The molecule has 3 amide bonds. The molecule has 2 aromatic carbocycles. The van der Waals surface area contributed by atoms with E-state index in [1.54, 1.807) is 30.3 Å². The van der Waals surface area contributed by atoms with E-state index in [0.717, 1.165) is 10.9 Å². The Hall–Kier alpha value is -3.99. The van der Waals surface area contributed by atoms with E-state index in [-0.39, 0.29) is 31.1 Å². The van der Waals surface area contributed by atoms with Crippen LogP contribution >= 0.6 is 0 Å². The number of rotatable bonds is 11. The van der Waals surface area contributed by atoms with Crippen LogP contribution in [0.15, 0.2) is 54.6 Å². The lowest BCUT2D eigenvalue weighted by Gasteiger charge is -2.29. The maximum Gasteiger partial charge on any atom is 0.455 e. The number of ether oxygens (including phenoxy) is 1. The van der Waals surface area contributed by atoms with Crippen LogP contribution in [0.4, 0.5) is 46.5 Å². The van der Waals surface area contributed by atoms with Crippen molar-refractivity contribution in [2.45, 2.75) is 43.4 Å². The van der Waals surface area contributed by atoms with Crippen molar-refractivity contribution in [3.05, 3.63) is 60.2 Å². The van der Waals surface area contributed by atoms with Crippen molar-refractivity contribution in [3.8, 4) is 0 Å². The summed E-state index contributed by atoms with van der Waals surface area (Å²) in [6, 6.07) is 12.7. The van der Waals surface area contributed by atoms with Gasteiger partial charge in [-0.2, -0.15) is 35.1 Å². The van der Waals surface area contributed by atoms with Gasteiger partial charge in [0.05, 0.1) is 31.1 Å². The zero-order valence-electron chi connectivity index (χ0n) is 23.0. The molecule has 9 nitrogen and oxygen atoms in total. The minimum absolute atomic E-state index is 0.00486. The topological polar surface area (TPSA) is 111 Å². The van der Waals surface area contributed by atoms with Gasteiger partial charge in [-0.3, -0.25) is 19.3 Å². The van der Waals surface area contributed by atoms with Gasteiger partial charge in [0.15, 0.2) is 0 Å². The number of nitrogens with one attached hydrogen (secondary N) is 2. The molecule has 1 aliphatic rings. The molecule has 0 fully saturated rings. The third kappa shape index (κ3) is 8.56. The summed E-state index contributed by atoms with van der Waals surface area (Å²) in [5.74, 6) is -10.4. The van der Waals surface area contributed by atoms with E-state index in [0.29, 0.717) is 11.8 Å². The highest BCUT2D eigenvalue weighted by molar-refractivity contribution is 6.10. The van der Waals surface area contributed by atoms with Gasteiger partial charge in [0.2, 0.25) is 5.60 Å². The minimum Gasteiger partial charge on any atom is -0.375 e. The molecule has 1 aliphatic heterocycles. The van der Waals surface area contributed by atoms with Crippen molar-refractivity contribution in [2.24, 2.45) is 0 Å². The van der Waals surface area contributed by atoms with Crippen LogP contribution in [0.1, 0.15) is 12.5 Å². The number of alkyl halides is 8. The third-order valence-electron chi connectivity index (χ3n) is 6.51. The Morgan fingerprint density at radius 3 is 2.11 bits per heavy atom. The second-order valence-electron chi connectivity index (χ2n) is 10.00. The second-order valence-corrected chi connectivity index (χ2v) is 10.00. The Kier molecular flexibility index (Phi) is 10.5. The molecular formula is C27H28F8N4O5. The van der Waals surface area contributed by atoms with Gasteiger partial charge in [0.25, 0.3) is 17.7 Å². The highest BCUT2D eigenvalue weighted by atomic mass is 19.4. The van der Waals surface area contributed by atoms with Gasteiger partial charge in [-0.05, 0) is 24.6 Å². The van der Waals surface area contributed by atoms with Gasteiger partial charge in [-0.1, -0.05) is 42.5 Å². The quantitative estimate of drug-likeness (QED) is 0.198. The predicted molar refractivity (Wildman–Crippen MR) is 140 cm³/mol. The summed E-state index contributed by atoms with van der Waals surface area (Å²) >= 11 is 0. The van der Waals surface area contributed by atoms with Crippen LogP contribution in [-0.2, 0) is 25.7 Å². The van der Waals surface area contributed by atoms with E-state index in [1.807, 2.05) is 5.32 Å². The number of aliphatic hydroxyl groups is 1. The lowest BCUT2D eigenvalue weighted by atomic mass is 10.0. The van der Waals surface area contributed by atoms with E-state index < -0.39 is 67.3 Å². The number of carbonyl (C=O) groups is 3. The summed E-state index contributed by atoms with van der Waals surface area (Å²) in [4.78, 5) is 40.3. The van der Waals surface area contributed by atoms with Crippen LogP contribution in [0.25, 0.3) is 0 Å². The van der Waals surface area contributed by atoms with Crippen LogP contribution in [0.3, 0.4) is 0 Å². The van der Waals surface area contributed by atoms with Crippen molar-refractivity contribution in [2.75, 3.05) is 42.6 Å². The van der Waals surface area contributed by atoms with Crippen molar-refractivity contribution >= 4 is 29.1 Å².